The first-order chi connectivity index (χ1) is 24.1. The van der Waals surface area contributed by atoms with Crippen molar-refractivity contribution in [2.45, 2.75) is 228 Å². The van der Waals surface area contributed by atoms with Crippen LogP contribution in [0.4, 0.5) is 0 Å². The van der Waals surface area contributed by atoms with Gasteiger partial charge in [0.25, 0.3) is 0 Å². The van der Waals surface area contributed by atoms with Gasteiger partial charge in [0, 0.05) is 36.4 Å². The largest absolute Gasteiger partial charge is 0.300 e. The summed E-state index contributed by atoms with van der Waals surface area (Å²) >= 11 is 0. The quantitative estimate of drug-likeness (QED) is 0.0973. The van der Waals surface area contributed by atoms with Gasteiger partial charge in [-0.3, -0.25) is 14.5 Å². The zero-order valence-corrected chi connectivity index (χ0v) is 34.6. The van der Waals surface area contributed by atoms with E-state index in [9.17, 15) is 9.59 Å². The van der Waals surface area contributed by atoms with Crippen LogP contribution in [0.15, 0.2) is 0 Å². The minimum atomic E-state index is -0.0637. The number of rotatable bonds is 15. The van der Waals surface area contributed by atoms with E-state index >= 15 is 0 Å². The molecule has 0 N–H and O–H groups in total. The minimum absolute atomic E-state index is 0.0228. The van der Waals surface area contributed by atoms with Crippen LogP contribution in [-0.2, 0) is 9.59 Å². The molecule has 8 atom stereocenters. The maximum Gasteiger partial charge on any atom is 0.208 e. The van der Waals surface area contributed by atoms with Gasteiger partial charge in [-0.15, -0.1) is 0 Å². The van der Waals surface area contributed by atoms with Crippen LogP contribution >= 0.6 is 0 Å². The van der Waals surface area contributed by atoms with Crippen LogP contribution in [0.2, 0.25) is 0 Å². The Morgan fingerprint density at radius 1 is 0.700 bits per heavy atom. The molecule has 0 aliphatic heterocycles. The normalized spacial score (nSPS) is 28.6. The van der Waals surface area contributed by atoms with Crippen molar-refractivity contribution in [2.75, 3.05) is 0 Å². The van der Waals surface area contributed by atoms with Gasteiger partial charge in [-0.25, -0.2) is 0 Å². The summed E-state index contributed by atoms with van der Waals surface area (Å²) in [7, 11) is 0. The average Bonchev–Trinajstić information content (AvgIpc) is 3.14. The summed E-state index contributed by atoms with van der Waals surface area (Å²) in [5.74, 6) is 11.5. The minimum Gasteiger partial charge on any atom is -0.300 e. The Balaban J connectivity index is 0.000000335. The zero-order chi connectivity index (χ0) is 36.5. The molecule has 4 rings (SSSR count). The van der Waals surface area contributed by atoms with Crippen molar-refractivity contribution in [3.05, 3.63) is 0 Å². The summed E-state index contributed by atoms with van der Waals surface area (Å²) in [4.78, 5) is 28.4. The average molecular weight is 694 g/mol. The van der Waals surface area contributed by atoms with Crippen molar-refractivity contribution in [2.24, 2.45) is 47.3 Å². The molecule has 4 saturated carbocycles. The van der Waals surface area contributed by atoms with Crippen molar-refractivity contribution in [1.29, 1.82) is 0 Å². The Hall–Kier alpha value is -1.14. The molecule has 0 spiro atoms. The fourth-order valence-electron chi connectivity index (χ4n) is 11.0. The first-order valence-electron chi connectivity index (χ1n) is 22.4. The molecule has 3 nitrogen and oxygen atoms in total. The Labute approximate surface area is 312 Å². The van der Waals surface area contributed by atoms with Gasteiger partial charge in [0.05, 0.1) is 0 Å². The Morgan fingerprint density at radius 3 is 1.86 bits per heavy atom. The van der Waals surface area contributed by atoms with E-state index in [1.54, 1.807) is 6.92 Å². The van der Waals surface area contributed by atoms with Gasteiger partial charge in [-0.1, -0.05) is 144 Å². The van der Waals surface area contributed by atoms with Gasteiger partial charge >= 0.3 is 0 Å². The van der Waals surface area contributed by atoms with Gasteiger partial charge in [0.2, 0.25) is 5.78 Å². The highest BCUT2D eigenvalue weighted by Crippen LogP contribution is 2.42. The van der Waals surface area contributed by atoms with Crippen molar-refractivity contribution < 1.29 is 9.59 Å². The summed E-state index contributed by atoms with van der Waals surface area (Å²) in [5, 5.41) is 0. The third-order valence-corrected chi connectivity index (χ3v) is 14.4. The van der Waals surface area contributed by atoms with Crippen LogP contribution in [0, 0.1) is 59.2 Å². The molecule has 4 fully saturated rings. The first kappa shape index (κ1) is 43.3. The molecule has 4 aliphatic carbocycles. The van der Waals surface area contributed by atoms with E-state index < -0.39 is 0 Å². The van der Waals surface area contributed by atoms with E-state index in [0.29, 0.717) is 30.5 Å². The Bertz CT molecular complexity index is 1010. The summed E-state index contributed by atoms with van der Waals surface area (Å²) in [5.41, 5.74) is 0. The molecule has 288 valence electrons. The number of Topliss-reactive ketones (excluding diaryl/α,β-unsaturated/α-hetero) is 2. The first-order valence-corrected chi connectivity index (χ1v) is 22.4. The molecule has 3 heteroatoms. The summed E-state index contributed by atoms with van der Waals surface area (Å²) in [6, 6.07) is 1.78. The van der Waals surface area contributed by atoms with E-state index in [2.05, 4.69) is 65.2 Å². The number of carbonyl (C=O) groups is 2. The molecule has 4 aliphatic rings. The smallest absolute Gasteiger partial charge is 0.208 e. The van der Waals surface area contributed by atoms with E-state index in [4.69, 9.17) is 0 Å². The monoisotopic (exact) mass is 694 g/mol. The van der Waals surface area contributed by atoms with Gasteiger partial charge in [-0.05, 0) is 107 Å². The fraction of sp³-hybridized carbons (Fsp3) is 0.915. The van der Waals surface area contributed by atoms with Crippen molar-refractivity contribution in [3.63, 3.8) is 0 Å². The second kappa shape index (κ2) is 23.5. The highest BCUT2D eigenvalue weighted by molar-refractivity contribution is 5.97. The van der Waals surface area contributed by atoms with E-state index in [1.165, 1.54) is 116 Å². The molecule has 0 aromatic rings. The summed E-state index contributed by atoms with van der Waals surface area (Å²) in [6.07, 6.45) is 30.8. The van der Waals surface area contributed by atoms with Crippen molar-refractivity contribution in [3.8, 4) is 11.8 Å². The van der Waals surface area contributed by atoms with Crippen LogP contribution in [0.25, 0.3) is 0 Å². The third-order valence-electron chi connectivity index (χ3n) is 14.4. The molecule has 0 aromatic carbocycles. The van der Waals surface area contributed by atoms with E-state index in [0.717, 1.165) is 61.7 Å². The third kappa shape index (κ3) is 13.4. The molecule has 0 amide bonds. The molecule has 0 heterocycles. The highest BCUT2D eigenvalue weighted by Gasteiger charge is 2.42. The standard InChI is InChI=1S/C30H49NO2.C17H34/c1-5-6-7-11-18-30(33)27-20-25(19-26(21-27)24(4)32)23(3)31(28-15-9-8-10-16-28)29-17-13-12-14-22(29)2;1-5-10-16(11-6-2)14(3)15(4)17-12-8-7-9-13-17/h22-23,25-29H,5-10,12-17,19-21H2,1-4H3;14-17H,5-13H2,1-4H3/t22-,23?,25?,26?,27?,29?;/m1./s1. The van der Waals surface area contributed by atoms with Crippen LogP contribution in [0.1, 0.15) is 209 Å². The van der Waals surface area contributed by atoms with E-state index in [-0.39, 0.29) is 23.4 Å². The maximum absolute atomic E-state index is 13.0. The van der Waals surface area contributed by atoms with Crippen LogP contribution in [0.5, 0.6) is 0 Å². The zero-order valence-electron chi connectivity index (χ0n) is 34.6. The molecule has 0 bridgehead atoms. The van der Waals surface area contributed by atoms with Crippen LogP contribution < -0.4 is 0 Å². The number of nitrogens with zero attached hydrogens (tertiary/aromatic N) is 1. The Kier molecular flexibility index (Phi) is 20.3. The van der Waals surface area contributed by atoms with Gasteiger partial charge in [-0.2, -0.15) is 0 Å². The number of ketones is 2. The lowest BCUT2D eigenvalue weighted by atomic mass is 9.69. The molecule has 0 saturated heterocycles. The summed E-state index contributed by atoms with van der Waals surface area (Å²) < 4.78 is 0. The lowest BCUT2D eigenvalue weighted by molar-refractivity contribution is -0.126. The van der Waals surface area contributed by atoms with Gasteiger partial charge < -0.3 is 0 Å². The van der Waals surface area contributed by atoms with Crippen LogP contribution in [-0.4, -0.2) is 34.6 Å². The Morgan fingerprint density at radius 2 is 1.28 bits per heavy atom. The number of unbranched alkanes of at least 4 members (excludes halogenated alkanes) is 2. The predicted molar refractivity (Wildman–Crippen MR) is 215 cm³/mol. The molecular weight excluding hydrogens is 611 g/mol. The maximum atomic E-state index is 13.0. The highest BCUT2D eigenvalue weighted by atomic mass is 16.1. The SMILES string of the molecule is CCCC(CCC)C(C)C(C)C1CCCCC1.CCCCC#CC(=O)C1CC(C(C)=O)CC(C(C)N(C2CCCCC2)C2CCCC[C@H]2C)C1. The number of hydrogen-bond acceptors (Lipinski definition) is 3. The van der Waals surface area contributed by atoms with Crippen LogP contribution in [0.3, 0.4) is 0 Å². The molecule has 0 aromatic heterocycles. The summed E-state index contributed by atoms with van der Waals surface area (Å²) in [6.45, 7) is 18.5. The van der Waals surface area contributed by atoms with Crippen molar-refractivity contribution in [1.82, 2.24) is 4.90 Å². The molecule has 50 heavy (non-hydrogen) atoms. The topological polar surface area (TPSA) is 37.4 Å². The molecule has 7 unspecified atom stereocenters. The fourth-order valence-corrected chi connectivity index (χ4v) is 11.0. The predicted octanol–water partition coefficient (Wildman–Crippen LogP) is 13.0. The lowest BCUT2D eigenvalue weighted by Crippen LogP contribution is -2.55. The van der Waals surface area contributed by atoms with Gasteiger partial charge in [0.15, 0.2) is 0 Å². The second-order valence-electron chi connectivity index (χ2n) is 18.0. The second-order valence-corrected chi connectivity index (χ2v) is 18.0. The number of hydrogen-bond donors (Lipinski definition) is 0. The van der Waals surface area contributed by atoms with Crippen molar-refractivity contribution >= 4 is 11.6 Å². The van der Waals surface area contributed by atoms with Gasteiger partial charge in [0.1, 0.15) is 5.78 Å². The number of carbonyl (C=O) groups excluding carboxylic acids is 2. The van der Waals surface area contributed by atoms with E-state index in [1.807, 2.05) is 0 Å². The lowest BCUT2D eigenvalue weighted by Gasteiger charge is -2.51. The molecule has 0 radical (unpaired) electrons. The molecular formula is C47H83NO2.